The van der Waals surface area contributed by atoms with Gasteiger partial charge in [0.1, 0.15) is 12.6 Å². The average molecular weight is 693 g/mol. The van der Waals surface area contributed by atoms with Crippen LogP contribution in [0.15, 0.2) is 108 Å². The van der Waals surface area contributed by atoms with Crippen molar-refractivity contribution in [1.29, 1.82) is 0 Å². The molecule has 246 valence electrons. The summed E-state index contributed by atoms with van der Waals surface area (Å²) in [5, 5.41) is 4.11. The van der Waals surface area contributed by atoms with Gasteiger partial charge >= 0.3 is 0 Å². The first-order valence-electron chi connectivity index (χ1n) is 15.8. The summed E-state index contributed by atoms with van der Waals surface area (Å²) in [6, 6.07) is 28.6. The van der Waals surface area contributed by atoms with E-state index in [9.17, 15) is 18.0 Å². The van der Waals surface area contributed by atoms with E-state index >= 15 is 0 Å². The SMILES string of the molecule is Cc1ccccc1N(CC(=O)N(Cc1cccc(Cl)c1)C(Cc1ccccc1)C(=O)NC1CCCCC1)S(=O)(=O)c1ccc(Cl)cc1. The molecular weight excluding hydrogens is 653 g/mol. The third-order valence-electron chi connectivity index (χ3n) is 8.53. The van der Waals surface area contributed by atoms with E-state index < -0.39 is 28.5 Å². The molecule has 1 saturated carbocycles. The summed E-state index contributed by atoms with van der Waals surface area (Å²) in [6.45, 7) is 1.32. The Labute approximate surface area is 287 Å². The van der Waals surface area contributed by atoms with E-state index in [2.05, 4.69) is 5.32 Å². The molecule has 0 aromatic heterocycles. The van der Waals surface area contributed by atoms with Gasteiger partial charge in [0.05, 0.1) is 10.6 Å². The molecule has 10 heteroatoms. The van der Waals surface area contributed by atoms with Crippen molar-refractivity contribution in [2.45, 2.75) is 69.0 Å². The van der Waals surface area contributed by atoms with Gasteiger partial charge in [0.2, 0.25) is 11.8 Å². The summed E-state index contributed by atoms with van der Waals surface area (Å²) in [7, 11) is -4.22. The molecule has 0 aliphatic heterocycles. The number of para-hydroxylation sites is 1. The van der Waals surface area contributed by atoms with Crippen molar-refractivity contribution in [1.82, 2.24) is 10.2 Å². The van der Waals surface area contributed by atoms with Gasteiger partial charge in [0.15, 0.2) is 0 Å². The van der Waals surface area contributed by atoms with E-state index in [-0.39, 0.29) is 29.8 Å². The number of hydrogen-bond acceptors (Lipinski definition) is 4. The fraction of sp³-hybridized carbons (Fsp3) is 0.297. The Hall–Kier alpha value is -3.85. The van der Waals surface area contributed by atoms with Crippen molar-refractivity contribution < 1.29 is 18.0 Å². The summed E-state index contributed by atoms with van der Waals surface area (Å²) < 4.78 is 29.6. The Kier molecular flexibility index (Phi) is 11.6. The normalized spacial score (nSPS) is 14.3. The van der Waals surface area contributed by atoms with Crippen LogP contribution < -0.4 is 9.62 Å². The van der Waals surface area contributed by atoms with Crippen molar-refractivity contribution in [3.05, 3.63) is 130 Å². The van der Waals surface area contributed by atoms with Gasteiger partial charge in [-0.25, -0.2) is 8.42 Å². The van der Waals surface area contributed by atoms with Crippen molar-refractivity contribution in [2.24, 2.45) is 0 Å². The molecule has 1 N–H and O–H groups in total. The highest BCUT2D eigenvalue weighted by molar-refractivity contribution is 7.92. The number of aryl methyl sites for hydroxylation is 1. The highest BCUT2D eigenvalue weighted by atomic mass is 35.5. The van der Waals surface area contributed by atoms with Gasteiger partial charge in [-0.05, 0) is 78.9 Å². The first-order valence-corrected chi connectivity index (χ1v) is 18.0. The standard InChI is InChI=1S/C37H39Cl2N3O4S/c1-27-11-8-9-18-34(27)42(47(45,46)33-21-19-30(38)20-22-33)26-36(43)41(25-29-14-10-15-31(39)23-29)35(24-28-12-4-2-5-13-28)37(44)40-32-16-6-3-7-17-32/h2,4-5,8-15,18-23,32,35H,3,6-7,16-17,24-26H2,1H3,(H,40,44). The molecule has 0 saturated heterocycles. The highest BCUT2D eigenvalue weighted by Crippen LogP contribution is 2.29. The van der Waals surface area contributed by atoms with Gasteiger partial charge in [-0.2, -0.15) is 0 Å². The minimum absolute atomic E-state index is 0.00442. The molecule has 5 rings (SSSR count). The molecule has 47 heavy (non-hydrogen) atoms. The Balaban J connectivity index is 1.57. The lowest BCUT2D eigenvalue weighted by Gasteiger charge is -2.35. The maximum Gasteiger partial charge on any atom is 0.264 e. The average Bonchev–Trinajstić information content (AvgIpc) is 3.06. The molecule has 0 bridgehead atoms. The quantitative estimate of drug-likeness (QED) is 0.166. The number of halogens is 2. The second kappa shape index (κ2) is 15.8. The molecule has 1 fully saturated rings. The lowest BCUT2D eigenvalue weighted by molar-refractivity contribution is -0.140. The van der Waals surface area contributed by atoms with E-state index in [0.717, 1.165) is 47.5 Å². The predicted molar refractivity (Wildman–Crippen MR) is 188 cm³/mol. The van der Waals surface area contributed by atoms with Crippen LogP contribution in [0.2, 0.25) is 10.0 Å². The number of carbonyl (C=O) groups excluding carboxylic acids is 2. The summed E-state index contributed by atoms with van der Waals surface area (Å²) in [6.07, 6.45) is 5.22. The minimum Gasteiger partial charge on any atom is -0.352 e. The molecule has 1 atom stereocenters. The van der Waals surface area contributed by atoms with E-state index in [1.54, 1.807) is 43.3 Å². The molecule has 1 aliphatic rings. The fourth-order valence-corrected chi connectivity index (χ4v) is 7.84. The molecule has 4 aromatic carbocycles. The van der Waals surface area contributed by atoms with Gasteiger partial charge in [0, 0.05) is 29.1 Å². The Bertz CT molecular complexity index is 1780. The molecule has 4 aromatic rings. The van der Waals surface area contributed by atoms with Crippen molar-refractivity contribution in [3.63, 3.8) is 0 Å². The van der Waals surface area contributed by atoms with E-state index in [4.69, 9.17) is 23.2 Å². The third-order valence-corrected chi connectivity index (χ3v) is 10.8. The topological polar surface area (TPSA) is 86.8 Å². The minimum atomic E-state index is -4.22. The number of sulfonamides is 1. The first-order chi connectivity index (χ1) is 22.6. The van der Waals surface area contributed by atoms with Crippen molar-refractivity contribution in [2.75, 3.05) is 10.8 Å². The number of amides is 2. The number of hydrogen-bond donors (Lipinski definition) is 1. The van der Waals surface area contributed by atoms with Gasteiger partial charge < -0.3 is 10.2 Å². The maximum atomic E-state index is 14.7. The van der Waals surface area contributed by atoms with Gasteiger partial charge in [0.25, 0.3) is 10.0 Å². The summed E-state index contributed by atoms with van der Waals surface area (Å²) in [5.74, 6) is -0.787. The molecule has 1 unspecified atom stereocenters. The van der Waals surface area contributed by atoms with E-state index in [1.807, 2.05) is 42.5 Å². The molecule has 0 spiro atoms. The lowest BCUT2D eigenvalue weighted by atomic mass is 9.94. The Morgan fingerprint density at radius 3 is 2.15 bits per heavy atom. The van der Waals surface area contributed by atoms with Gasteiger partial charge in [-0.1, -0.05) is 103 Å². The summed E-state index contributed by atoms with van der Waals surface area (Å²) in [5.41, 5.74) is 2.64. The monoisotopic (exact) mass is 691 g/mol. The Morgan fingerprint density at radius 1 is 0.809 bits per heavy atom. The second-order valence-electron chi connectivity index (χ2n) is 12.0. The van der Waals surface area contributed by atoms with Crippen molar-refractivity contribution >= 4 is 50.7 Å². The molecule has 0 radical (unpaired) electrons. The van der Waals surface area contributed by atoms with Crippen molar-refractivity contribution in [3.8, 4) is 0 Å². The first kappa shape index (κ1) is 34.5. The number of rotatable bonds is 12. The second-order valence-corrected chi connectivity index (χ2v) is 14.7. The van der Waals surface area contributed by atoms with Crippen LogP contribution in [0.3, 0.4) is 0 Å². The number of anilines is 1. The number of benzene rings is 4. The van der Waals surface area contributed by atoms with Crippen LogP contribution in [-0.4, -0.2) is 43.8 Å². The van der Waals surface area contributed by atoms with Crippen LogP contribution in [0.25, 0.3) is 0 Å². The maximum absolute atomic E-state index is 14.7. The number of nitrogens with one attached hydrogen (secondary N) is 1. The van der Waals surface area contributed by atoms with Crippen LogP contribution >= 0.6 is 23.2 Å². The molecule has 7 nitrogen and oxygen atoms in total. The zero-order chi connectivity index (χ0) is 33.4. The van der Waals surface area contributed by atoms with E-state index in [0.29, 0.717) is 21.3 Å². The summed E-state index contributed by atoms with van der Waals surface area (Å²) >= 11 is 12.4. The van der Waals surface area contributed by atoms with Gasteiger partial charge in [-0.15, -0.1) is 0 Å². The van der Waals surface area contributed by atoms with Crippen LogP contribution in [-0.2, 0) is 32.6 Å². The Morgan fingerprint density at radius 2 is 1.47 bits per heavy atom. The largest absolute Gasteiger partial charge is 0.352 e. The smallest absolute Gasteiger partial charge is 0.264 e. The molecule has 2 amide bonds. The van der Waals surface area contributed by atoms with E-state index in [1.165, 1.54) is 29.2 Å². The highest BCUT2D eigenvalue weighted by Gasteiger charge is 2.35. The van der Waals surface area contributed by atoms with Crippen LogP contribution in [0.4, 0.5) is 5.69 Å². The molecule has 0 heterocycles. The summed E-state index contributed by atoms with van der Waals surface area (Å²) in [4.78, 5) is 30.4. The number of nitrogens with zero attached hydrogens (tertiary/aromatic N) is 2. The molecule has 1 aliphatic carbocycles. The third kappa shape index (κ3) is 8.95. The zero-order valence-electron chi connectivity index (χ0n) is 26.3. The zero-order valence-corrected chi connectivity index (χ0v) is 28.6. The van der Waals surface area contributed by atoms with Crippen LogP contribution in [0.5, 0.6) is 0 Å². The van der Waals surface area contributed by atoms with Crippen LogP contribution in [0.1, 0.15) is 48.8 Å². The number of carbonyl (C=O) groups is 2. The van der Waals surface area contributed by atoms with Crippen LogP contribution in [0, 0.1) is 6.92 Å². The molecular formula is C37H39Cl2N3O4S. The van der Waals surface area contributed by atoms with Gasteiger partial charge in [-0.3, -0.25) is 13.9 Å². The lowest BCUT2D eigenvalue weighted by Crippen LogP contribution is -2.55. The fourth-order valence-electron chi connectivity index (χ4n) is 6.02. The predicted octanol–water partition coefficient (Wildman–Crippen LogP) is 7.59.